The van der Waals surface area contributed by atoms with E-state index in [4.69, 9.17) is 10.5 Å². The van der Waals surface area contributed by atoms with Crippen LogP contribution in [0.5, 0.6) is 0 Å². The number of hydrogen-bond acceptors (Lipinski definition) is 3. The Morgan fingerprint density at radius 1 is 1.44 bits per heavy atom. The molecule has 100 valence electrons. The summed E-state index contributed by atoms with van der Waals surface area (Å²) in [6, 6.07) is 6.98. The van der Waals surface area contributed by atoms with Crippen molar-refractivity contribution in [1.82, 2.24) is 5.32 Å². The first-order valence-electron chi connectivity index (χ1n) is 6.01. The van der Waals surface area contributed by atoms with Crippen molar-refractivity contribution in [1.29, 1.82) is 0 Å². The van der Waals surface area contributed by atoms with Crippen molar-refractivity contribution in [2.24, 2.45) is 0 Å². The van der Waals surface area contributed by atoms with Crippen LogP contribution < -0.4 is 11.1 Å². The summed E-state index contributed by atoms with van der Waals surface area (Å²) >= 11 is 0. The highest BCUT2D eigenvalue weighted by Gasteiger charge is 2.15. The van der Waals surface area contributed by atoms with Crippen LogP contribution in [0.2, 0.25) is 0 Å². The van der Waals surface area contributed by atoms with Gasteiger partial charge in [-0.15, -0.1) is 12.4 Å². The first-order valence-corrected chi connectivity index (χ1v) is 6.01. The SMILES string of the molecule is Cl.Nc1cccc(C(=O)NCC2CCCCO2)c1. The van der Waals surface area contributed by atoms with Gasteiger partial charge >= 0.3 is 0 Å². The highest BCUT2D eigenvalue weighted by molar-refractivity contribution is 5.94. The van der Waals surface area contributed by atoms with Crippen LogP contribution in [-0.2, 0) is 4.74 Å². The Morgan fingerprint density at radius 3 is 2.94 bits per heavy atom. The molecule has 1 aromatic rings. The Balaban J connectivity index is 0.00000162. The van der Waals surface area contributed by atoms with Crippen molar-refractivity contribution in [3.05, 3.63) is 29.8 Å². The lowest BCUT2D eigenvalue weighted by Gasteiger charge is -2.22. The molecule has 1 heterocycles. The van der Waals surface area contributed by atoms with Gasteiger partial charge in [0.2, 0.25) is 0 Å². The molecule has 0 aliphatic carbocycles. The molecule has 1 amide bonds. The largest absolute Gasteiger partial charge is 0.399 e. The van der Waals surface area contributed by atoms with Gasteiger partial charge in [0.25, 0.3) is 5.91 Å². The van der Waals surface area contributed by atoms with Gasteiger partial charge in [-0.2, -0.15) is 0 Å². The summed E-state index contributed by atoms with van der Waals surface area (Å²) in [4.78, 5) is 11.8. The first-order chi connectivity index (χ1) is 8.25. The molecule has 1 atom stereocenters. The smallest absolute Gasteiger partial charge is 0.251 e. The topological polar surface area (TPSA) is 64.4 Å². The van der Waals surface area contributed by atoms with Gasteiger partial charge in [-0.25, -0.2) is 0 Å². The number of halogens is 1. The molecule has 5 heteroatoms. The second-order valence-electron chi connectivity index (χ2n) is 4.32. The zero-order valence-electron chi connectivity index (χ0n) is 10.2. The van der Waals surface area contributed by atoms with E-state index < -0.39 is 0 Å². The average molecular weight is 271 g/mol. The van der Waals surface area contributed by atoms with Gasteiger partial charge < -0.3 is 15.8 Å². The van der Waals surface area contributed by atoms with Gasteiger partial charge in [0.1, 0.15) is 0 Å². The number of ether oxygens (including phenoxy) is 1. The van der Waals surface area contributed by atoms with Gasteiger partial charge in [0.05, 0.1) is 6.10 Å². The fourth-order valence-corrected chi connectivity index (χ4v) is 1.96. The molecule has 18 heavy (non-hydrogen) atoms. The minimum Gasteiger partial charge on any atom is -0.399 e. The number of amides is 1. The molecular formula is C13H19ClN2O2. The number of nitrogen functional groups attached to an aromatic ring is 1. The molecule has 0 spiro atoms. The van der Waals surface area contributed by atoms with Crippen molar-refractivity contribution < 1.29 is 9.53 Å². The molecule has 4 nitrogen and oxygen atoms in total. The number of benzene rings is 1. The standard InChI is InChI=1S/C13H18N2O2.ClH/c14-11-5-3-4-10(8-11)13(16)15-9-12-6-1-2-7-17-12;/h3-5,8,12H,1-2,6-7,9,14H2,(H,15,16);1H. The van der Waals surface area contributed by atoms with E-state index in [1.54, 1.807) is 24.3 Å². The van der Waals surface area contributed by atoms with Crippen LogP contribution in [0.4, 0.5) is 5.69 Å². The fourth-order valence-electron chi connectivity index (χ4n) is 1.96. The maximum absolute atomic E-state index is 11.8. The fraction of sp³-hybridized carbons (Fsp3) is 0.462. The summed E-state index contributed by atoms with van der Waals surface area (Å²) in [5.41, 5.74) is 6.83. The number of hydrogen-bond donors (Lipinski definition) is 2. The van der Waals surface area contributed by atoms with E-state index in [0.29, 0.717) is 17.8 Å². The summed E-state index contributed by atoms with van der Waals surface area (Å²) in [7, 11) is 0. The van der Waals surface area contributed by atoms with Gasteiger partial charge in [-0.05, 0) is 37.5 Å². The molecular weight excluding hydrogens is 252 g/mol. The van der Waals surface area contributed by atoms with Crippen molar-refractivity contribution in [2.45, 2.75) is 25.4 Å². The van der Waals surface area contributed by atoms with Gasteiger partial charge in [-0.1, -0.05) is 6.07 Å². The number of carbonyl (C=O) groups excluding carboxylic acids is 1. The number of carbonyl (C=O) groups is 1. The second kappa shape index (κ2) is 7.24. The quantitative estimate of drug-likeness (QED) is 0.826. The summed E-state index contributed by atoms with van der Waals surface area (Å²) in [5.74, 6) is -0.0912. The lowest BCUT2D eigenvalue weighted by Crippen LogP contribution is -2.35. The predicted octanol–water partition coefficient (Wildman–Crippen LogP) is 1.99. The third kappa shape index (κ3) is 4.20. The van der Waals surface area contributed by atoms with E-state index >= 15 is 0 Å². The zero-order valence-corrected chi connectivity index (χ0v) is 11.0. The highest BCUT2D eigenvalue weighted by atomic mass is 35.5. The van der Waals surface area contributed by atoms with Gasteiger partial charge in [0.15, 0.2) is 0 Å². The van der Waals surface area contributed by atoms with E-state index in [9.17, 15) is 4.79 Å². The summed E-state index contributed by atoms with van der Waals surface area (Å²) in [6.07, 6.45) is 3.49. The molecule has 1 aromatic carbocycles. The van der Waals surface area contributed by atoms with Crippen LogP contribution in [0, 0.1) is 0 Å². The van der Waals surface area contributed by atoms with E-state index in [2.05, 4.69) is 5.32 Å². The molecule has 0 radical (unpaired) electrons. The summed E-state index contributed by atoms with van der Waals surface area (Å²) in [5, 5.41) is 2.88. The predicted molar refractivity (Wildman–Crippen MR) is 74.0 cm³/mol. The molecule has 3 N–H and O–H groups in total. The molecule has 1 unspecified atom stereocenters. The van der Waals surface area contributed by atoms with Crippen LogP contribution in [0.25, 0.3) is 0 Å². The number of nitrogens with two attached hydrogens (primary N) is 1. The molecule has 0 saturated carbocycles. The van der Waals surface area contributed by atoms with Crippen molar-refractivity contribution >= 4 is 24.0 Å². The zero-order chi connectivity index (χ0) is 12.1. The molecule has 1 aliphatic rings. The normalized spacial score (nSPS) is 18.8. The van der Waals surface area contributed by atoms with Gasteiger partial charge in [0, 0.05) is 24.4 Å². The lowest BCUT2D eigenvalue weighted by atomic mass is 10.1. The monoisotopic (exact) mass is 270 g/mol. The minimum absolute atomic E-state index is 0. The van der Waals surface area contributed by atoms with E-state index in [1.165, 1.54) is 6.42 Å². The summed E-state index contributed by atoms with van der Waals surface area (Å²) < 4.78 is 5.55. The molecule has 0 bridgehead atoms. The molecule has 0 aromatic heterocycles. The Morgan fingerprint density at radius 2 is 2.28 bits per heavy atom. The Kier molecular flexibility index (Phi) is 5.95. The molecule has 1 aliphatic heterocycles. The third-order valence-corrected chi connectivity index (χ3v) is 2.91. The van der Waals surface area contributed by atoms with Crippen molar-refractivity contribution in [3.8, 4) is 0 Å². The average Bonchev–Trinajstić information content (AvgIpc) is 2.37. The Bertz CT molecular complexity index is 392. The molecule has 1 fully saturated rings. The Labute approximate surface area is 113 Å². The van der Waals surface area contributed by atoms with Crippen LogP contribution >= 0.6 is 12.4 Å². The first kappa shape index (κ1) is 14.8. The van der Waals surface area contributed by atoms with E-state index in [1.807, 2.05) is 0 Å². The van der Waals surface area contributed by atoms with Crippen LogP contribution in [0.1, 0.15) is 29.6 Å². The highest BCUT2D eigenvalue weighted by Crippen LogP contribution is 2.12. The van der Waals surface area contributed by atoms with Crippen LogP contribution in [-0.4, -0.2) is 25.2 Å². The number of nitrogens with one attached hydrogen (secondary N) is 1. The van der Waals surface area contributed by atoms with E-state index in [-0.39, 0.29) is 24.4 Å². The van der Waals surface area contributed by atoms with Gasteiger partial charge in [-0.3, -0.25) is 4.79 Å². The molecule has 2 rings (SSSR count). The molecule has 1 saturated heterocycles. The maximum Gasteiger partial charge on any atom is 0.251 e. The minimum atomic E-state index is -0.0912. The summed E-state index contributed by atoms with van der Waals surface area (Å²) in [6.45, 7) is 1.38. The Hall–Kier alpha value is -1.26. The van der Waals surface area contributed by atoms with Crippen molar-refractivity contribution in [3.63, 3.8) is 0 Å². The maximum atomic E-state index is 11.8. The third-order valence-electron chi connectivity index (χ3n) is 2.91. The number of anilines is 1. The second-order valence-corrected chi connectivity index (χ2v) is 4.32. The van der Waals surface area contributed by atoms with Crippen LogP contribution in [0.3, 0.4) is 0 Å². The van der Waals surface area contributed by atoms with E-state index in [0.717, 1.165) is 19.4 Å². The van der Waals surface area contributed by atoms with Crippen LogP contribution in [0.15, 0.2) is 24.3 Å². The number of rotatable bonds is 3. The lowest BCUT2D eigenvalue weighted by molar-refractivity contribution is 0.0169. The van der Waals surface area contributed by atoms with Crippen molar-refractivity contribution in [2.75, 3.05) is 18.9 Å².